The van der Waals surface area contributed by atoms with Crippen molar-refractivity contribution in [2.45, 2.75) is 32.2 Å². The molecule has 1 unspecified atom stereocenters. The van der Waals surface area contributed by atoms with Crippen molar-refractivity contribution in [3.05, 3.63) is 71.4 Å². The number of hydrogen-bond donors (Lipinski definition) is 4. The topological polar surface area (TPSA) is 133 Å². The highest BCUT2D eigenvalue weighted by Crippen LogP contribution is 2.44. The Morgan fingerprint density at radius 1 is 1.09 bits per heavy atom. The number of nitrogens with one attached hydrogen (secondary N) is 3. The Bertz CT molecular complexity index is 1180. The molecule has 0 spiro atoms. The van der Waals surface area contributed by atoms with Gasteiger partial charge in [0.25, 0.3) is 5.91 Å². The number of aliphatic carboxylic acids is 1. The summed E-state index contributed by atoms with van der Waals surface area (Å²) < 4.78 is 5.47. The number of aromatic nitrogens is 2. The van der Waals surface area contributed by atoms with Crippen molar-refractivity contribution < 1.29 is 24.2 Å². The molecule has 9 heteroatoms. The molecule has 1 aliphatic rings. The lowest BCUT2D eigenvalue weighted by atomic mass is 9.98. The molecule has 2 amide bonds. The van der Waals surface area contributed by atoms with Crippen LogP contribution in [0, 0.1) is 5.92 Å². The highest BCUT2D eigenvalue weighted by atomic mass is 16.5. The quantitative estimate of drug-likeness (QED) is 0.400. The number of carboxylic acids is 1. The van der Waals surface area contributed by atoms with Gasteiger partial charge in [-0.15, -0.1) is 0 Å². The van der Waals surface area contributed by atoms with E-state index in [-0.39, 0.29) is 30.0 Å². The zero-order chi connectivity index (χ0) is 24.2. The van der Waals surface area contributed by atoms with Gasteiger partial charge in [0, 0.05) is 12.0 Å². The summed E-state index contributed by atoms with van der Waals surface area (Å²) in [4.78, 5) is 36.3. The number of benzene rings is 2. The maximum Gasteiger partial charge on any atom is 0.412 e. The Morgan fingerprint density at radius 3 is 2.29 bits per heavy atom. The number of aromatic amines is 1. The summed E-state index contributed by atoms with van der Waals surface area (Å²) >= 11 is 0. The molecule has 1 heterocycles. The maximum absolute atomic E-state index is 12.4. The predicted octanol–water partition coefficient (Wildman–Crippen LogP) is 4.00. The average molecular weight is 463 g/mol. The van der Waals surface area contributed by atoms with Crippen molar-refractivity contribution in [3.8, 4) is 11.1 Å². The molecule has 0 saturated carbocycles. The van der Waals surface area contributed by atoms with Crippen LogP contribution in [0.15, 0.2) is 54.6 Å². The zero-order valence-corrected chi connectivity index (χ0v) is 18.9. The van der Waals surface area contributed by atoms with E-state index in [2.05, 4.69) is 33.0 Å². The number of rotatable bonds is 8. The normalized spacial score (nSPS) is 13.9. The third-order valence-corrected chi connectivity index (χ3v) is 6.16. The Balaban J connectivity index is 1.37. The van der Waals surface area contributed by atoms with Crippen LogP contribution in [0.25, 0.3) is 11.1 Å². The number of ether oxygens (including phenoxy) is 1. The van der Waals surface area contributed by atoms with Gasteiger partial charge in [-0.3, -0.25) is 15.2 Å². The van der Waals surface area contributed by atoms with Crippen LogP contribution in [-0.2, 0) is 9.53 Å². The largest absolute Gasteiger partial charge is 0.480 e. The maximum atomic E-state index is 12.4. The first-order valence-electron chi connectivity index (χ1n) is 11.1. The number of carbonyl (C=O) groups excluding carboxylic acids is 2. The fourth-order valence-electron chi connectivity index (χ4n) is 4.14. The summed E-state index contributed by atoms with van der Waals surface area (Å²) in [5.41, 5.74) is 4.50. The van der Waals surface area contributed by atoms with Gasteiger partial charge in [-0.2, -0.15) is 5.10 Å². The van der Waals surface area contributed by atoms with Gasteiger partial charge in [0.05, 0.1) is 0 Å². The van der Waals surface area contributed by atoms with E-state index in [1.807, 2.05) is 43.3 Å². The van der Waals surface area contributed by atoms with Gasteiger partial charge >= 0.3 is 12.1 Å². The minimum atomic E-state index is -1.11. The van der Waals surface area contributed by atoms with Crippen LogP contribution in [0.5, 0.6) is 0 Å². The molecule has 0 bridgehead atoms. The molecule has 4 N–H and O–H groups in total. The fourth-order valence-corrected chi connectivity index (χ4v) is 4.14. The molecule has 2 aromatic carbocycles. The predicted molar refractivity (Wildman–Crippen MR) is 126 cm³/mol. The number of carboxylic acid groups (broad SMARTS) is 1. The van der Waals surface area contributed by atoms with Crippen LogP contribution in [-0.4, -0.2) is 45.9 Å². The van der Waals surface area contributed by atoms with Crippen molar-refractivity contribution in [2.75, 3.05) is 11.9 Å². The standard InChI is InChI=1S/C25H26N4O5/c1-3-14(2)22(24(31)32)27-23(30)20-12-21(29-28-20)26-25(33)34-13-19-17-10-6-4-8-15(17)16-9-5-7-11-18(16)19/h4-12,14,19,22H,3,13H2,1-2H3,(H,27,30)(H,31,32)(H2,26,28,29,33)/t14?,22-/m0/s1. The fraction of sp³-hybridized carbons (Fsp3) is 0.280. The molecule has 1 aromatic heterocycles. The summed E-state index contributed by atoms with van der Waals surface area (Å²) in [6.07, 6.45) is -0.113. The van der Waals surface area contributed by atoms with Crippen LogP contribution in [0.2, 0.25) is 0 Å². The van der Waals surface area contributed by atoms with Gasteiger partial charge < -0.3 is 15.2 Å². The lowest BCUT2D eigenvalue weighted by Crippen LogP contribution is -2.45. The van der Waals surface area contributed by atoms with E-state index in [0.717, 1.165) is 22.3 Å². The molecule has 3 aromatic rings. The Kier molecular flexibility index (Phi) is 6.62. The molecule has 2 atom stereocenters. The van der Waals surface area contributed by atoms with E-state index >= 15 is 0 Å². The smallest absolute Gasteiger partial charge is 0.412 e. The van der Waals surface area contributed by atoms with Crippen molar-refractivity contribution in [1.29, 1.82) is 0 Å². The van der Waals surface area contributed by atoms with E-state index in [1.54, 1.807) is 6.92 Å². The van der Waals surface area contributed by atoms with Crippen LogP contribution in [0.4, 0.5) is 10.6 Å². The van der Waals surface area contributed by atoms with E-state index in [1.165, 1.54) is 6.07 Å². The molecular formula is C25H26N4O5. The van der Waals surface area contributed by atoms with Gasteiger partial charge in [0.1, 0.15) is 18.3 Å². The molecule has 0 radical (unpaired) electrons. The molecule has 0 fully saturated rings. The summed E-state index contributed by atoms with van der Waals surface area (Å²) in [6.45, 7) is 3.74. The van der Waals surface area contributed by atoms with Crippen molar-refractivity contribution >= 4 is 23.8 Å². The second kappa shape index (κ2) is 9.78. The van der Waals surface area contributed by atoms with Gasteiger partial charge in [-0.1, -0.05) is 68.8 Å². The highest BCUT2D eigenvalue weighted by molar-refractivity contribution is 5.96. The summed E-state index contributed by atoms with van der Waals surface area (Å²) in [5.74, 6) is -1.97. The van der Waals surface area contributed by atoms with Crippen LogP contribution in [0.1, 0.15) is 47.8 Å². The lowest BCUT2D eigenvalue weighted by molar-refractivity contribution is -0.140. The third kappa shape index (κ3) is 4.63. The van der Waals surface area contributed by atoms with Crippen molar-refractivity contribution in [1.82, 2.24) is 15.5 Å². The number of carbonyl (C=O) groups is 3. The molecule has 4 rings (SSSR count). The van der Waals surface area contributed by atoms with Crippen LogP contribution >= 0.6 is 0 Å². The van der Waals surface area contributed by atoms with E-state index in [4.69, 9.17) is 4.74 Å². The SMILES string of the molecule is CCC(C)[C@H](NC(=O)c1cc(NC(=O)OCC2c3ccccc3-c3ccccc32)n[nH]1)C(=O)O. The van der Waals surface area contributed by atoms with Gasteiger partial charge in [0.15, 0.2) is 5.82 Å². The molecule has 0 aliphatic heterocycles. The number of hydrogen-bond acceptors (Lipinski definition) is 5. The van der Waals surface area contributed by atoms with Gasteiger partial charge in [-0.05, 0) is 28.2 Å². The minimum Gasteiger partial charge on any atom is -0.480 e. The number of amides is 2. The van der Waals surface area contributed by atoms with Gasteiger partial charge in [0.2, 0.25) is 0 Å². The number of anilines is 1. The number of H-pyrrole nitrogens is 1. The number of nitrogens with zero attached hydrogens (tertiary/aromatic N) is 1. The summed E-state index contributed by atoms with van der Waals surface area (Å²) in [5, 5.41) is 20.7. The highest BCUT2D eigenvalue weighted by Gasteiger charge is 2.29. The van der Waals surface area contributed by atoms with E-state index < -0.39 is 24.0 Å². The molecule has 176 valence electrons. The molecule has 9 nitrogen and oxygen atoms in total. The van der Waals surface area contributed by atoms with Gasteiger partial charge in [-0.25, -0.2) is 9.59 Å². The second-order valence-electron chi connectivity index (χ2n) is 8.29. The summed E-state index contributed by atoms with van der Waals surface area (Å²) in [7, 11) is 0. The minimum absolute atomic E-state index is 0.0310. The van der Waals surface area contributed by atoms with E-state index in [9.17, 15) is 19.5 Å². The van der Waals surface area contributed by atoms with Crippen molar-refractivity contribution in [2.24, 2.45) is 5.92 Å². The summed E-state index contributed by atoms with van der Waals surface area (Å²) in [6, 6.07) is 16.4. The lowest BCUT2D eigenvalue weighted by Gasteiger charge is -2.19. The van der Waals surface area contributed by atoms with E-state index in [0.29, 0.717) is 6.42 Å². The number of fused-ring (bicyclic) bond motifs is 3. The Labute approximate surface area is 196 Å². The Morgan fingerprint density at radius 2 is 1.71 bits per heavy atom. The third-order valence-electron chi connectivity index (χ3n) is 6.16. The monoisotopic (exact) mass is 462 g/mol. The molecule has 34 heavy (non-hydrogen) atoms. The average Bonchev–Trinajstić information content (AvgIpc) is 3.43. The Hall–Kier alpha value is -4.14. The second-order valence-corrected chi connectivity index (χ2v) is 8.29. The zero-order valence-electron chi connectivity index (χ0n) is 18.9. The molecule has 0 saturated heterocycles. The van der Waals surface area contributed by atoms with Crippen LogP contribution < -0.4 is 10.6 Å². The first-order chi connectivity index (χ1) is 16.4. The van der Waals surface area contributed by atoms with Crippen molar-refractivity contribution in [3.63, 3.8) is 0 Å². The molecular weight excluding hydrogens is 436 g/mol. The first-order valence-corrected chi connectivity index (χ1v) is 11.1. The van der Waals surface area contributed by atoms with Crippen LogP contribution in [0.3, 0.4) is 0 Å². The first kappa shape index (κ1) is 23.0. The molecule has 1 aliphatic carbocycles.